The molecule has 1 fully saturated rings. The molecule has 0 aliphatic carbocycles. The quantitative estimate of drug-likeness (QED) is 0.702. The molecule has 0 radical (unpaired) electrons. The van der Waals surface area contributed by atoms with E-state index < -0.39 is 0 Å². The lowest BCUT2D eigenvalue weighted by Crippen LogP contribution is -2.48. The molecule has 1 aliphatic heterocycles. The van der Waals surface area contributed by atoms with Crippen molar-refractivity contribution in [1.29, 1.82) is 0 Å². The molecule has 1 aromatic heterocycles. The molecule has 1 aliphatic rings. The minimum absolute atomic E-state index is 0.0906. The van der Waals surface area contributed by atoms with Gasteiger partial charge in [0.05, 0.1) is 0 Å². The van der Waals surface area contributed by atoms with Crippen molar-refractivity contribution in [3.8, 4) is 0 Å². The Balaban J connectivity index is 2.09. The summed E-state index contributed by atoms with van der Waals surface area (Å²) < 4.78 is 0. The minimum Gasteiger partial charge on any atom is -0.342 e. The maximum Gasteiger partial charge on any atom is 0.272 e. The average molecular weight is 319 g/mol. The van der Waals surface area contributed by atoms with Gasteiger partial charge in [0, 0.05) is 45.5 Å². The molecule has 2 rings (SSSR count). The smallest absolute Gasteiger partial charge is 0.272 e. The molecule has 0 atom stereocenters. The Kier molecular flexibility index (Phi) is 6.31. The number of carbonyl (C=O) groups excluding carboxylic acids is 2. The summed E-state index contributed by atoms with van der Waals surface area (Å²) in [5.41, 5.74) is 0.423. The molecule has 0 N–H and O–H groups in total. The van der Waals surface area contributed by atoms with Crippen LogP contribution in [0.4, 0.5) is 5.95 Å². The molecule has 0 aromatic carbocycles. The largest absolute Gasteiger partial charge is 0.342 e. The summed E-state index contributed by atoms with van der Waals surface area (Å²) >= 11 is 0. The van der Waals surface area contributed by atoms with Crippen molar-refractivity contribution >= 4 is 18.3 Å². The van der Waals surface area contributed by atoms with Gasteiger partial charge < -0.3 is 14.7 Å². The summed E-state index contributed by atoms with van der Waals surface area (Å²) in [6.07, 6.45) is 4.50. The number of hydrogen-bond acceptors (Lipinski definition) is 5. The van der Waals surface area contributed by atoms with Crippen molar-refractivity contribution in [3.05, 3.63) is 18.0 Å². The predicted octanol–water partition coefficient (Wildman–Crippen LogP) is 1.02. The van der Waals surface area contributed by atoms with Crippen molar-refractivity contribution in [2.45, 2.75) is 26.7 Å². The molecular weight excluding hydrogens is 294 g/mol. The molecule has 2 amide bonds. The second-order valence-electron chi connectivity index (χ2n) is 5.66. The SMILES string of the molecule is CCCN(CCC)c1nccc(C(=O)N2CCN(C=O)CC2)n1. The summed E-state index contributed by atoms with van der Waals surface area (Å²) in [4.78, 5) is 37.7. The highest BCUT2D eigenvalue weighted by Crippen LogP contribution is 2.12. The molecule has 0 spiro atoms. The third-order valence-electron chi connectivity index (χ3n) is 3.88. The van der Waals surface area contributed by atoms with Crippen LogP contribution in [0.5, 0.6) is 0 Å². The van der Waals surface area contributed by atoms with Gasteiger partial charge in [-0.3, -0.25) is 9.59 Å². The predicted molar refractivity (Wildman–Crippen MR) is 88.4 cm³/mol. The summed E-state index contributed by atoms with van der Waals surface area (Å²) in [7, 11) is 0. The zero-order chi connectivity index (χ0) is 16.7. The van der Waals surface area contributed by atoms with Gasteiger partial charge in [0.15, 0.2) is 0 Å². The number of piperazine rings is 1. The van der Waals surface area contributed by atoms with Crippen molar-refractivity contribution < 1.29 is 9.59 Å². The summed E-state index contributed by atoms with van der Waals surface area (Å²) in [6.45, 7) is 8.23. The molecule has 7 heteroatoms. The molecule has 7 nitrogen and oxygen atoms in total. The van der Waals surface area contributed by atoms with Crippen LogP contribution in [0.15, 0.2) is 12.3 Å². The first kappa shape index (κ1) is 17.2. The Morgan fingerprint density at radius 3 is 2.43 bits per heavy atom. The van der Waals surface area contributed by atoms with Crippen LogP contribution in [-0.2, 0) is 4.79 Å². The van der Waals surface area contributed by atoms with Gasteiger partial charge in [-0.15, -0.1) is 0 Å². The fraction of sp³-hybridized carbons (Fsp3) is 0.625. The second-order valence-corrected chi connectivity index (χ2v) is 5.66. The van der Waals surface area contributed by atoms with Crippen LogP contribution in [0.1, 0.15) is 37.2 Å². The lowest BCUT2D eigenvalue weighted by molar-refractivity contribution is -0.119. The number of nitrogens with zero attached hydrogens (tertiary/aromatic N) is 5. The molecule has 1 saturated heterocycles. The van der Waals surface area contributed by atoms with E-state index in [4.69, 9.17) is 0 Å². The van der Waals surface area contributed by atoms with E-state index in [-0.39, 0.29) is 5.91 Å². The van der Waals surface area contributed by atoms with Crippen molar-refractivity contribution in [3.63, 3.8) is 0 Å². The first-order chi connectivity index (χ1) is 11.2. The van der Waals surface area contributed by atoms with Gasteiger partial charge in [0.1, 0.15) is 5.69 Å². The van der Waals surface area contributed by atoms with Crippen LogP contribution in [-0.4, -0.2) is 71.4 Å². The molecule has 1 aromatic rings. The Morgan fingerprint density at radius 2 is 1.87 bits per heavy atom. The maximum absolute atomic E-state index is 12.6. The highest BCUT2D eigenvalue weighted by atomic mass is 16.2. The number of aromatic nitrogens is 2. The van der Waals surface area contributed by atoms with Crippen LogP contribution < -0.4 is 4.90 Å². The zero-order valence-electron chi connectivity index (χ0n) is 13.9. The topological polar surface area (TPSA) is 69.6 Å². The van der Waals surface area contributed by atoms with E-state index in [2.05, 4.69) is 28.7 Å². The number of hydrogen-bond donors (Lipinski definition) is 0. The second kappa shape index (κ2) is 8.45. The number of amides is 2. The van der Waals surface area contributed by atoms with Crippen LogP contribution in [0.25, 0.3) is 0 Å². The van der Waals surface area contributed by atoms with Crippen molar-refractivity contribution in [1.82, 2.24) is 19.8 Å². The highest BCUT2D eigenvalue weighted by molar-refractivity contribution is 5.92. The molecule has 0 bridgehead atoms. The van der Waals surface area contributed by atoms with Gasteiger partial charge in [-0.2, -0.15) is 0 Å². The van der Waals surface area contributed by atoms with E-state index in [0.29, 0.717) is 37.8 Å². The van der Waals surface area contributed by atoms with E-state index in [1.54, 1.807) is 22.1 Å². The van der Waals surface area contributed by atoms with E-state index in [0.717, 1.165) is 32.3 Å². The summed E-state index contributed by atoms with van der Waals surface area (Å²) in [5.74, 6) is 0.526. The highest BCUT2D eigenvalue weighted by Gasteiger charge is 2.23. The zero-order valence-corrected chi connectivity index (χ0v) is 13.9. The first-order valence-corrected chi connectivity index (χ1v) is 8.26. The van der Waals surface area contributed by atoms with E-state index in [9.17, 15) is 9.59 Å². The third-order valence-corrected chi connectivity index (χ3v) is 3.88. The molecule has 0 saturated carbocycles. The van der Waals surface area contributed by atoms with Gasteiger partial charge in [0.2, 0.25) is 12.4 Å². The van der Waals surface area contributed by atoms with Crippen LogP contribution in [0.2, 0.25) is 0 Å². The van der Waals surface area contributed by atoms with E-state index in [1.807, 2.05) is 0 Å². The van der Waals surface area contributed by atoms with Crippen LogP contribution in [0.3, 0.4) is 0 Å². The van der Waals surface area contributed by atoms with Gasteiger partial charge >= 0.3 is 0 Å². The normalized spacial score (nSPS) is 14.7. The third kappa shape index (κ3) is 4.40. The van der Waals surface area contributed by atoms with Crippen molar-refractivity contribution in [2.75, 3.05) is 44.2 Å². The lowest BCUT2D eigenvalue weighted by Gasteiger charge is -2.32. The average Bonchev–Trinajstić information content (AvgIpc) is 2.61. The fourth-order valence-corrected chi connectivity index (χ4v) is 2.66. The monoisotopic (exact) mass is 319 g/mol. The van der Waals surface area contributed by atoms with Gasteiger partial charge in [-0.25, -0.2) is 9.97 Å². The van der Waals surface area contributed by atoms with Crippen molar-refractivity contribution in [2.24, 2.45) is 0 Å². The first-order valence-electron chi connectivity index (χ1n) is 8.26. The van der Waals surface area contributed by atoms with E-state index in [1.165, 1.54) is 0 Å². The molecule has 23 heavy (non-hydrogen) atoms. The van der Waals surface area contributed by atoms with Crippen LogP contribution in [0, 0.1) is 0 Å². The lowest BCUT2D eigenvalue weighted by atomic mass is 10.3. The van der Waals surface area contributed by atoms with Crippen LogP contribution >= 0.6 is 0 Å². The Hall–Kier alpha value is -2.18. The van der Waals surface area contributed by atoms with Gasteiger partial charge in [-0.05, 0) is 18.9 Å². The molecule has 2 heterocycles. The Bertz CT molecular complexity index is 523. The number of carbonyl (C=O) groups is 2. The number of rotatable bonds is 7. The Labute approximate surface area is 137 Å². The minimum atomic E-state index is -0.0906. The summed E-state index contributed by atoms with van der Waals surface area (Å²) in [5, 5.41) is 0. The molecule has 126 valence electrons. The number of anilines is 1. The van der Waals surface area contributed by atoms with Gasteiger partial charge in [0.25, 0.3) is 5.91 Å². The van der Waals surface area contributed by atoms with Gasteiger partial charge in [-0.1, -0.05) is 13.8 Å². The maximum atomic E-state index is 12.6. The Morgan fingerprint density at radius 1 is 1.22 bits per heavy atom. The standard InChI is InChI=1S/C16H25N5O2/c1-3-7-21(8-4-2)16-17-6-5-14(18-16)15(23)20-11-9-19(13-22)10-12-20/h5-6,13H,3-4,7-12H2,1-2H3. The fourth-order valence-electron chi connectivity index (χ4n) is 2.66. The molecular formula is C16H25N5O2. The van der Waals surface area contributed by atoms with E-state index >= 15 is 0 Å². The molecule has 0 unspecified atom stereocenters. The summed E-state index contributed by atoms with van der Waals surface area (Å²) in [6, 6.07) is 1.66.